The molecule has 1 aromatic carbocycles. The Morgan fingerprint density at radius 2 is 2.00 bits per heavy atom. The number of aromatic nitrogens is 2. The van der Waals surface area contributed by atoms with Gasteiger partial charge in [-0.2, -0.15) is 4.98 Å². The fourth-order valence-corrected chi connectivity index (χ4v) is 3.13. The van der Waals surface area contributed by atoms with E-state index in [1.807, 2.05) is 6.92 Å². The molecule has 106 valence electrons. The molecule has 1 aromatic heterocycles. The van der Waals surface area contributed by atoms with Gasteiger partial charge in [0.05, 0.1) is 11.8 Å². The molecule has 0 spiro atoms. The number of fused-ring (bicyclic) bond motifs is 1. The van der Waals surface area contributed by atoms with Gasteiger partial charge in [-0.15, -0.1) is 0 Å². The number of nitrogens with two attached hydrogens (primary N) is 1. The molecule has 0 amide bonds. The number of benzene rings is 1. The predicted octanol–water partition coefficient (Wildman–Crippen LogP) is 2.84. The van der Waals surface area contributed by atoms with E-state index in [4.69, 9.17) is 10.3 Å². The SMILES string of the molecule is CC(C)C(c1nc(C2Cc3ccccc32)no1)C(C)N. The summed E-state index contributed by atoms with van der Waals surface area (Å²) in [6.45, 7) is 6.26. The van der Waals surface area contributed by atoms with Crippen LogP contribution >= 0.6 is 0 Å². The molecule has 2 aromatic rings. The Balaban J connectivity index is 1.85. The number of hydrogen-bond donors (Lipinski definition) is 1. The lowest BCUT2D eigenvalue weighted by Crippen LogP contribution is -2.29. The fraction of sp³-hybridized carbons (Fsp3) is 0.500. The molecule has 3 rings (SSSR count). The summed E-state index contributed by atoms with van der Waals surface area (Å²) in [5.41, 5.74) is 8.76. The first-order chi connectivity index (χ1) is 9.58. The van der Waals surface area contributed by atoms with E-state index in [2.05, 4.69) is 48.3 Å². The molecule has 2 N–H and O–H groups in total. The lowest BCUT2D eigenvalue weighted by molar-refractivity contribution is 0.298. The maximum absolute atomic E-state index is 6.05. The van der Waals surface area contributed by atoms with Gasteiger partial charge in [0, 0.05) is 6.04 Å². The highest BCUT2D eigenvalue weighted by molar-refractivity contribution is 5.43. The largest absolute Gasteiger partial charge is 0.339 e. The van der Waals surface area contributed by atoms with Gasteiger partial charge in [0.1, 0.15) is 0 Å². The van der Waals surface area contributed by atoms with Crippen molar-refractivity contribution in [1.29, 1.82) is 0 Å². The van der Waals surface area contributed by atoms with Crippen LogP contribution in [0.3, 0.4) is 0 Å². The minimum Gasteiger partial charge on any atom is -0.339 e. The van der Waals surface area contributed by atoms with E-state index in [0.717, 1.165) is 12.2 Å². The summed E-state index contributed by atoms with van der Waals surface area (Å²) < 4.78 is 5.48. The third kappa shape index (κ3) is 2.14. The van der Waals surface area contributed by atoms with Gasteiger partial charge in [0.15, 0.2) is 5.82 Å². The lowest BCUT2D eigenvalue weighted by atomic mass is 9.77. The molecule has 3 unspecified atom stereocenters. The van der Waals surface area contributed by atoms with E-state index < -0.39 is 0 Å². The molecule has 0 saturated carbocycles. The summed E-state index contributed by atoms with van der Waals surface area (Å²) in [6.07, 6.45) is 1.000. The Hall–Kier alpha value is -1.68. The third-order valence-corrected chi connectivity index (χ3v) is 4.19. The van der Waals surface area contributed by atoms with Gasteiger partial charge in [0.2, 0.25) is 5.89 Å². The minimum absolute atomic E-state index is 0.0111. The van der Waals surface area contributed by atoms with Crippen molar-refractivity contribution in [2.45, 2.75) is 45.1 Å². The number of rotatable bonds is 4. The number of hydrogen-bond acceptors (Lipinski definition) is 4. The molecular weight excluding hydrogens is 250 g/mol. The van der Waals surface area contributed by atoms with E-state index in [-0.39, 0.29) is 17.9 Å². The first kappa shape index (κ1) is 13.3. The smallest absolute Gasteiger partial charge is 0.231 e. The molecule has 1 heterocycles. The van der Waals surface area contributed by atoms with Gasteiger partial charge in [-0.3, -0.25) is 0 Å². The van der Waals surface area contributed by atoms with E-state index in [1.165, 1.54) is 11.1 Å². The van der Waals surface area contributed by atoms with Gasteiger partial charge in [-0.05, 0) is 30.4 Å². The highest BCUT2D eigenvalue weighted by Crippen LogP contribution is 2.39. The van der Waals surface area contributed by atoms with Crippen LogP contribution in [0.2, 0.25) is 0 Å². The zero-order valence-electron chi connectivity index (χ0n) is 12.2. The van der Waals surface area contributed by atoms with Crippen molar-refractivity contribution in [3.05, 3.63) is 47.1 Å². The summed E-state index contributed by atoms with van der Waals surface area (Å²) in [7, 11) is 0. The zero-order chi connectivity index (χ0) is 14.3. The van der Waals surface area contributed by atoms with Crippen LogP contribution in [-0.2, 0) is 6.42 Å². The predicted molar refractivity (Wildman–Crippen MR) is 77.5 cm³/mol. The van der Waals surface area contributed by atoms with E-state index in [1.54, 1.807) is 0 Å². The molecule has 0 saturated heterocycles. The first-order valence-corrected chi connectivity index (χ1v) is 7.24. The highest BCUT2D eigenvalue weighted by atomic mass is 16.5. The van der Waals surface area contributed by atoms with Gasteiger partial charge in [-0.1, -0.05) is 43.3 Å². The standard InChI is InChI=1S/C16H21N3O/c1-9(2)14(10(3)17)16-18-15(19-20-16)13-8-11-6-4-5-7-12(11)13/h4-7,9-10,13-14H,8,17H2,1-3H3. The van der Waals surface area contributed by atoms with Gasteiger partial charge >= 0.3 is 0 Å². The lowest BCUT2D eigenvalue weighted by Gasteiger charge is -2.27. The molecule has 0 fully saturated rings. The second-order valence-corrected chi connectivity index (χ2v) is 6.08. The van der Waals surface area contributed by atoms with Gasteiger partial charge in [-0.25, -0.2) is 0 Å². The van der Waals surface area contributed by atoms with Crippen LogP contribution in [0.15, 0.2) is 28.8 Å². The summed E-state index contributed by atoms with van der Waals surface area (Å²) >= 11 is 0. The molecule has 1 aliphatic rings. The van der Waals surface area contributed by atoms with Crippen molar-refractivity contribution in [3.8, 4) is 0 Å². The third-order valence-electron chi connectivity index (χ3n) is 4.19. The molecule has 4 nitrogen and oxygen atoms in total. The monoisotopic (exact) mass is 271 g/mol. The van der Waals surface area contributed by atoms with Crippen molar-refractivity contribution in [1.82, 2.24) is 10.1 Å². The Labute approximate surface area is 119 Å². The molecule has 3 atom stereocenters. The van der Waals surface area contributed by atoms with Gasteiger partial charge in [0.25, 0.3) is 0 Å². The first-order valence-electron chi connectivity index (χ1n) is 7.24. The highest BCUT2D eigenvalue weighted by Gasteiger charge is 2.33. The summed E-state index contributed by atoms with van der Waals surface area (Å²) in [5.74, 6) is 2.26. The van der Waals surface area contributed by atoms with Crippen LogP contribution in [0, 0.1) is 5.92 Å². The van der Waals surface area contributed by atoms with Crippen molar-refractivity contribution in [2.24, 2.45) is 11.7 Å². The van der Waals surface area contributed by atoms with E-state index in [9.17, 15) is 0 Å². The topological polar surface area (TPSA) is 64.9 Å². The molecule has 0 aliphatic heterocycles. The Morgan fingerprint density at radius 1 is 1.25 bits per heavy atom. The summed E-state index contributed by atoms with van der Waals surface area (Å²) in [5, 5.41) is 4.18. The Morgan fingerprint density at radius 3 is 2.65 bits per heavy atom. The van der Waals surface area contributed by atoms with E-state index >= 15 is 0 Å². The maximum Gasteiger partial charge on any atom is 0.231 e. The van der Waals surface area contributed by atoms with Gasteiger partial charge < -0.3 is 10.3 Å². The molecular formula is C16H21N3O. The quantitative estimate of drug-likeness (QED) is 0.928. The number of nitrogens with zero attached hydrogens (tertiary/aromatic N) is 2. The van der Waals surface area contributed by atoms with Crippen molar-refractivity contribution in [3.63, 3.8) is 0 Å². The fourth-order valence-electron chi connectivity index (χ4n) is 3.13. The molecule has 20 heavy (non-hydrogen) atoms. The second kappa shape index (κ2) is 5.02. The van der Waals surface area contributed by atoms with Crippen LogP contribution in [0.25, 0.3) is 0 Å². The average molecular weight is 271 g/mol. The average Bonchev–Trinajstić information content (AvgIpc) is 2.78. The Kier molecular flexibility index (Phi) is 3.34. The normalized spacial score (nSPS) is 20.4. The van der Waals surface area contributed by atoms with E-state index in [0.29, 0.717) is 11.8 Å². The molecule has 0 bridgehead atoms. The molecule has 4 heteroatoms. The zero-order valence-corrected chi connectivity index (χ0v) is 12.2. The Bertz CT molecular complexity index is 595. The van der Waals surface area contributed by atoms with Crippen LogP contribution in [0.5, 0.6) is 0 Å². The molecule has 0 radical (unpaired) electrons. The van der Waals surface area contributed by atoms with Crippen LogP contribution in [0.1, 0.15) is 55.4 Å². The maximum atomic E-state index is 6.05. The van der Waals surface area contributed by atoms with Crippen molar-refractivity contribution >= 4 is 0 Å². The summed E-state index contributed by atoms with van der Waals surface area (Å²) in [4.78, 5) is 4.62. The van der Waals surface area contributed by atoms with Crippen molar-refractivity contribution in [2.75, 3.05) is 0 Å². The van der Waals surface area contributed by atoms with Crippen LogP contribution < -0.4 is 5.73 Å². The molecule has 1 aliphatic carbocycles. The van der Waals surface area contributed by atoms with Crippen molar-refractivity contribution < 1.29 is 4.52 Å². The van der Waals surface area contributed by atoms with Crippen LogP contribution in [0.4, 0.5) is 0 Å². The minimum atomic E-state index is 0.0111. The second-order valence-electron chi connectivity index (χ2n) is 6.08. The summed E-state index contributed by atoms with van der Waals surface area (Å²) in [6, 6.07) is 8.44. The van der Waals surface area contributed by atoms with Crippen LogP contribution in [-0.4, -0.2) is 16.2 Å².